The summed E-state index contributed by atoms with van der Waals surface area (Å²) in [7, 11) is 0. The number of rotatable bonds is 1. The van der Waals surface area contributed by atoms with E-state index in [2.05, 4.69) is 33.0 Å². The van der Waals surface area contributed by atoms with E-state index in [1.54, 1.807) is 4.90 Å². The smallest absolute Gasteiger partial charge is 0.313 e. The first-order valence-corrected chi connectivity index (χ1v) is 7.49. The second kappa shape index (κ2) is 5.88. The average molecular weight is 288 g/mol. The van der Waals surface area contributed by atoms with Crippen molar-refractivity contribution in [3.8, 4) is 0 Å². The second-order valence-electron chi connectivity index (χ2n) is 6.89. The van der Waals surface area contributed by atoms with Gasteiger partial charge in [-0.1, -0.05) is 45.9 Å². The Labute approximate surface area is 126 Å². The van der Waals surface area contributed by atoms with E-state index in [9.17, 15) is 9.59 Å². The molecule has 1 saturated heterocycles. The molecular weight excluding hydrogens is 264 g/mol. The summed E-state index contributed by atoms with van der Waals surface area (Å²) < 4.78 is 0. The number of likely N-dealkylation sites (tertiary alicyclic amines) is 1. The molecule has 0 aliphatic carbocycles. The summed E-state index contributed by atoms with van der Waals surface area (Å²) in [5, 5.41) is 2.78. The average Bonchev–Trinajstić information content (AvgIpc) is 2.84. The third-order valence-electron chi connectivity index (χ3n) is 3.89. The standard InChI is InChI=1S/C17H24N2O2/c1-12-9-10-19(11-12)16(21)15(20)18-14-8-6-5-7-13(14)17(2,3)4/h5-8,12H,9-11H2,1-4H3,(H,18,20). The predicted molar refractivity (Wildman–Crippen MR) is 84.1 cm³/mol. The predicted octanol–water partition coefficient (Wildman–Crippen LogP) is 2.79. The number of amides is 2. The molecule has 4 heteroatoms. The molecule has 1 aliphatic rings. The minimum absolute atomic E-state index is 0.0882. The molecule has 1 aromatic rings. The Morgan fingerprint density at radius 2 is 1.90 bits per heavy atom. The van der Waals surface area contributed by atoms with Crippen LogP contribution in [-0.2, 0) is 15.0 Å². The van der Waals surface area contributed by atoms with Gasteiger partial charge in [-0.15, -0.1) is 0 Å². The molecule has 0 bridgehead atoms. The number of nitrogens with zero attached hydrogens (tertiary/aromatic N) is 1. The summed E-state index contributed by atoms with van der Waals surface area (Å²) in [6.45, 7) is 9.70. The van der Waals surface area contributed by atoms with Crippen molar-refractivity contribution in [2.45, 2.75) is 39.5 Å². The first-order chi connectivity index (χ1) is 9.79. The third-order valence-corrected chi connectivity index (χ3v) is 3.89. The summed E-state index contributed by atoms with van der Waals surface area (Å²) >= 11 is 0. The van der Waals surface area contributed by atoms with Crippen molar-refractivity contribution in [2.24, 2.45) is 5.92 Å². The molecule has 1 heterocycles. The molecule has 2 rings (SSSR count). The highest BCUT2D eigenvalue weighted by molar-refractivity contribution is 6.39. The van der Waals surface area contributed by atoms with E-state index in [0.29, 0.717) is 19.0 Å². The van der Waals surface area contributed by atoms with Gasteiger partial charge in [0.05, 0.1) is 0 Å². The van der Waals surface area contributed by atoms with Gasteiger partial charge >= 0.3 is 11.8 Å². The van der Waals surface area contributed by atoms with Gasteiger partial charge in [0.1, 0.15) is 0 Å². The van der Waals surface area contributed by atoms with Crippen molar-refractivity contribution in [3.05, 3.63) is 29.8 Å². The number of nitrogens with one attached hydrogen (secondary N) is 1. The number of anilines is 1. The molecular formula is C17H24N2O2. The molecule has 4 nitrogen and oxygen atoms in total. The number of hydrogen-bond acceptors (Lipinski definition) is 2. The summed E-state index contributed by atoms with van der Waals surface area (Å²) in [5.74, 6) is -0.493. The molecule has 1 fully saturated rings. The molecule has 0 aromatic heterocycles. The van der Waals surface area contributed by atoms with Gasteiger partial charge in [-0.3, -0.25) is 9.59 Å². The summed E-state index contributed by atoms with van der Waals surface area (Å²) in [4.78, 5) is 26.0. The Kier molecular flexibility index (Phi) is 4.35. The Morgan fingerprint density at radius 3 is 2.48 bits per heavy atom. The van der Waals surface area contributed by atoms with Crippen LogP contribution in [0.3, 0.4) is 0 Å². The highest BCUT2D eigenvalue weighted by atomic mass is 16.2. The van der Waals surface area contributed by atoms with E-state index in [1.165, 1.54) is 0 Å². The lowest BCUT2D eigenvalue weighted by Gasteiger charge is -2.23. The third kappa shape index (κ3) is 3.63. The largest absolute Gasteiger partial charge is 0.334 e. The van der Waals surface area contributed by atoms with Crippen molar-refractivity contribution in [1.29, 1.82) is 0 Å². The van der Waals surface area contributed by atoms with Crippen molar-refractivity contribution in [2.75, 3.05) is 18.4 Å². The topological polar surface area (TPSA) is 49.4 Å². The quantitative estimate of drug-likeness (QED) is 0.808. The van der Waals surface area contributed by atoms with E-state index in [0.717, 1.165) is 17.7 Å². The molecule has 2 amide bonds. The Balaban J connectivity index is 2.12. The van der Waals surface area contributed by atoms with Crippen LogP contribution in [0.15, 0.2) is 24.3 Å². The lowest BCUT2D eigenvalue weighted by atomic mass is 9.86. The zero-order valence-electron chi connectivity index (χ0n) is 13.3. The number of para-hydroxylation sites is 1. The first-order valence-electron chi connectivity index (χ1n) is 7.49. The minimum Gasteiger partial charge on any atom is -0.334 e. The van der Waals surface area contributed by atoms with Crippen LogP contribution in [-0.4, -0.2) is 29.8 Å². The first kappa shape index (κ1) is 15.5. The zero-order chi connectivity index (χ0) is 15.6. The van der Waals surface area contributed by atoms with E-state index >= 15 is 0 Å². The molecule has 0 spiro atoms. The van der Waals surface area contributed by atoms with Crippen molar-refractivity contribution < 1.29 is 9.59 Å². The maximum absolute atomic E-state index is 12.2. The van der Waals surface area contributed by atoms with Crippen LogP contribution in [0.5, 0.6) is 0 Å². The van der Waals surface area contributed by atoms with Gasteiger partial charge in [0.15, 0.2) is 0 Å². The van der Waals surface area contributed by atoms with Gasteiger partial charge < -0.3 is 10.2 Å². The minimum atomic E-state index is -0.541. The molecule has 1 unspecified atom stereocenters. The Hall–Kier alpha value is -1.84. The lowest BCUT2D eigenvalue weighted by molar-refractivity contribution is -0.142. The molecule has 1 atom stereocenters. The SMILES string of the molecule is CC1CCN(C(=O)C(=O)Nc2ccccc2C(C)(C)C)C1. The second-order valence-corrected chi connectivity index (χ2v) is 6.89. The number of carbonyl (C=O) groups is 2. The number of carbonyl (C=O) groups excluding carboxylic acids is 2. The van der Waals surface area contributed by atoms with Crippen LogP contribution in [0.1, 0.15) is 39.7 Å². The van der Waals surface area contributed by atoms with Crippen LogP contribution < -0.4 is 5.32 Å². The van der Waals surface area contributed by atoms with E-state index in [4.69, 9.17) is 0 Å². The van der Waals surface area contributed by atoms with Gasteiger partial charge in [-0.25, -0.2) is 0 Å². The van der Waals surface area contributed by atoms with Gasteiger partial charge in [0, 0.05) is 18.8 Å². The number of benzene rings is 1. The fourth-order valence-corrected chi connectivity index (χ4v) is 2.68. The van der Waals surface area contributed by atoms with Gasteiger partial charge in [-0.05, 0) is 29.4 Å². The normalized spacial score (nSPS) is 18.7. The maximum atomic E-state index is 12.2. The molecule has 114 valence electrons. The van der Waals surface area contributed by atoms with Gasteiger partial charge in [0.2, 0.25) is 0 Å². The Bertz CT molecular complexity index is 546. The van der Waals surface area contributed by atoms with Gasteiger partial charge in [-0.2, -0.15) is 0 Å². The fourth-order valence-electron chi connectivity index (χ4n) is 2.68. The van der Waals surface area contributed by atoms with Crippen LogP contribution in [0.4, 0.5) is 5.69 Å². The van der Waals surface area contributed by atoms with Crippen LogP contribution in [0.2, 0.25) is 0 Å². The van der Waals surface area contributed by atoms with E-state index < -0.39 is 11.8 Å². The number of hydrogen-bond donors (Lipinski definition) is 1. The fraction of sp³-hybridized carbons (Fsp3) is 0.529. The lowest BCUT2D eigenvalue weighted by Crippen LogP contribution is -2.38. The Morgan fingerprint density at radius 1 is 1.24 bits per heavy atom. The van der Waals surface area contributed by atoms with Crippen LogP contribution in [0.25, 0.3) is 0 Å². The highest BCUT2D eigenvalue weighted by Crippen LogP contribution is 2.29. The highest BCUT2D eigenvalue weighted by Gasteiger charge is 2.28. The molecule has 0 radical (unpaired) electrons. The van der Waals surface area contributed by atoms with Crippen molar-refractivity contribution in [3.63, 3.8) is 0 Å². The zero-order valence-corrected chi connectivity index (χ0v) is 13.3. The molecule has 1 aliphatic heterocycles. The molecule has 1 aromatic carbocycles. The van der Waals surface area contributed by atoms with E-state index in [1.807, 2.05) is 24.3 Å². The maximum Gasteiger partial charge on any atom is 0.313 e. The van der Waals surface area contributed by atoms with Crippen molar-refractivity contribution >= 4 is 17.5 Å². The van der Waals surface area contributed by atoms with Crippen LogP contribution >= 0.6 is 0 Å². The van der Waals surface area contributed by atoms with E-state index in [-0.39, 0.29) is 5.41 Å². The molecule has 21 heavy (non-hydrogen) atoms. The monoisotopic (exact) mass is 288 g/mol. The summed E-state index contributed by atoms with van der Waals surface area (Å²) in [6, 6.07) is 7.64. The van der Waals surface area contributed by atoms with Crippen LogP contribution in [0, 0.1) is 5.92 Å². The molecule has 0 saturated carbocycles. The molecule has 1 N–H and O–H groups in total. The van der Waals surface area contributed by atoms with Crippen molar-refractivity contribution in [1.82, 2.24) is 4.90 Å². The van der Waals surface area contributed by atoms with Gasteiger partial charge in [0.25, 0.3) is 0 Å². The summed E-state index contributed by atoms with van der Waals surface area (Å²) in [6.07, 6.45) is 0.970. The summed E-state index contributed by atoms with van der Waals surface area (Å²) in [5.41, 5.74) is 1.66.